The number of benzene rings is 2. The van der Waals surface area contributed by atoms with E-state index in [4.69, 9.17) is 0 Å². The second kappa shape index (κ2) is 14.6. The van der Waals surface area contributed by atoms with E-state index in [2.05, 4.69) is 25.1 Å². The average Bonchev–Trinajstić information content (AvgIpc) is 3.67. The van der Waals surface area contributed by atoms with Gasteiger partial charge in [-0.25, -0.2) is 13.8 Å². The Morgan fingerprint density at radius 1 is 0.789 bits per heavy atom. The second-order valence-electron chi connectivity index (χ2n) is 15.1. The van der Waals surface area contributed by atoms with Gasteiger partial charge >= 0.3 is 6.55 Å². The monoisotopic (exact) mass is 782 g/mol. The van der Waals surface area contributed by atoms with E-state index in [-0.39, 0.29) is 52.1 Å². The molecule has 4 aliphatic heterocycles. The zero-order valence-corrected chi connectivity index (χ0v) is 30.8. The zero-order chi connectivity index (χ0) is 39.5. The lowest BCUT2D eigenvalue weighted by Gasteiger charge is -2.38. The maximum Gasteiger partial charge on any atom is 0.320 e. The zero-order valence-electron chi connectivity index (χ0n) is 30.8. The first kappa shape index (κ1) is 36.7. The van der Waals surface area contributed by atoms with Crippen LogP contribution in [0.5, 0.6) is 0 Å². The van der Waals surface area contributed by atoms with Crippen molar-refractivity contribution in [3.05, 3.63) is 83.7 Å². The smallest absolute Gasteiger partial charge is 0.320 e. The molecule has 4 aliphatic rings. The highest BCUT2D eigenvalue weighted by molar-refractivity contribution is 6.23. The maximum absolute atomic E-state index is 15.6. The summed E-state index contributed by atoms with van der Waals surface area (Å²) in [6.45, 7) is 2.06. The molecule has 4 amide bonds. The maximum atomic E-state index is 15.6. The lowest BCUT2D eigenvalue weighted by Crippen LogP contribution is -2.54. The highest BCUT2D eigenvalue weighted by atomic mass is 19.3. The molecule has 57 heavy (non-hydrogen) atoms. The number of amides is 4. The number of fused-ring (bicyclic) bond motifs is 4. The van der Waals surface area contributed by atoms with Gasteiger partial charge in [-0.15, -0.1) is 0 Å². The quantitative estimate of drug-likeness (QED) is 0.155. The van der Waals surface area contributed by atoms with Crippen LogP contribution in [0.2, 0.25) is 0 Å². The molecular formula is C41H38F4N8O4. The topological polar surface area (TPSA) is 124 Å². The molecule has 5 aromatic rings. The molecule has 0 bridgehead atoms. The fraction of sp³-hybridized carbons (Fsp3) is 0.366. The van der Waals surface area contributed by atoms with Crippen LogP contribution in [-0.2, 0) is 9.59 Å². The van der Waals surface area contributed by atoms with E-state index in [1.54, 1.807) is 29.2 Å². The van der Waals surface area contributed by atoms with E-state index < -0.39 is 47.9 Å². The van der Waals surface area contributed by atoms with Crippen LogP contribution >= 0.6 is 0 Å². The molecule has 0 radical (unpaired) electrons. The average molecular weight is 783 g/mol. The van der Waals surface area contributed by atoms with Gasteiger partial charge in [0, 0.05) is 80.1 Å². The fourth-order valence-corrected chi connectivity index (χ4v) is 8.83. The van der Waals surface area contributed by atoms with E-state index in [1.165, 1.54) is 30.6 Å². The number of halogens is 4. The molecule has 1 atom stereocenters. The van der Waals surface area contributed by atoms with Crippen LogP contribution in [0.3, 0.4) is 0 Å². The number of alkyl halides is 2. The fourth-order valence-electron chi connectivity index (χ4n) is 8.83. The Labute approximate surface area is 324 Å². The summed E-state index contributed by atoms with van der Waals surface area (Å²) in [5, 5.41) is 3.20. The number of hydrogen-bond acceptors (Lipinski definition) is 9. The Kier molecular flexibility index (Phi) is 9.38. The summed E-state index contributed by atoms with van der Waals surface area (Å²) >= 11 is 0. The first-order valence-corrected chi connectivity index (χ1v) is 19.2. The third-order valence-corrected chi connectivity index (χ3v) is 11.9. The summed E-state index contributed by atoms with van der Waals surface area (Å²) in [6.07, 6.45) is 5.60. The SMILES string of the molecule is O=C1CCC(N2C(=O)c3ccc(N4CCN(CCC5CCN(c6c(F)cc(-c7ccc8c9cnccc9n(C(F)F)c8n7)cc6F)CC5)CC4)cc3C2=O)C(=O)N1. The van der Waals surface area contributed by atoms with E-state index in [0.717, 1.165) is 67.1 Å². The number of rotatable bonds is 8. The normalized spacial score (nSPS) is 19.7. The lowest BCUT2D eigenvalue weighted by atomic mass is 9.92. The molecule has 2 aromatic carbocycles. The second-order valence-corrected chi connectivity index (χ2v) is 15.1. The van der Waals surface area contributed by atoms with Gasteiger partial charge in [-0.1, -0.05) is 0 Å². The number of anilines is 2. The highest BCUT2D eigenvalue weighted by Gasteiger charge is 2.45. The number of piperazine rings is 1. The number of piperidine rings is 2. The largest absolute Gasteiger partial charge is 0.369 e. The van der Waals surface area contributed by atoms with E-state index in [1.807, 2.05) is 6.07 Å². The van der Waals surface area contributed by atoms with E-state index >= 15 is 8.78 Å². The Balaban J connectivity index is 0.784. The minimum absolute atomic E-state index is 0.0106. The van der Waals surface area contributed by atoms with Crippen molar-refractivity contribution in [1.29, 1.82) is 0 Å². The van der Waals surface area contributed by atoms with Crippen molar-refractivity contribution in [2.45, 2.75) is 44.7 Å². The van der Waals surface area contributed by atoms with Crippen molar-refractivity contribution in [3.8, 4) is 11.3 Å². The number of pyridine rings is 2. The summed E-state index contributed by atoms with van der Waals surface area (Å²) in [6, 6.07) is 11.3. The number of carbonyl (C=O) groups excluding carboxylic acids is 4. The van der Waals surface area contributed by atoms with Crippen LogP contribution < -0.4 is 15.1 Å². The van der Waals surface area contributed by atoms with Crippen molar-refractivity contribution in [2.24, 2.45) is 5.92 Å². The molecule has 3 fully saturated rings. The Morgan fingerprint density at radius 3 is 2.25 bits per heavy atom. The standard InChI is InChI=1S/C41H38F4N8O4/c42-30-19-24(32-4-3-26-29-22-46-11-7-33(29)52(41(44)45)37(26)47-32)20-31(43)36(30)51-13-9-23(10-14-51)8-12-49-15-17-50(18-16-49)25-1-2-27-28(21-25)40(57)53(39(27)56)34-5-6-35(54)48-38(34)55/h1-4,7,11,19-23,34,41H,5-6,8-10,12-18H2,(H,48,54,55). The summed E-state index contributed by atoms with van der Waals surface area (Å²) in [7, 11) is 0. The molecule has 294 valence electrons. The van der Waals surface area contributed by atoms with E-state index in [9.17, 15) is 28.0 Å². The van der Waals surface area contributed by atoms with Crippen LogP contribution in [0.25, 0.3) is 33.2 Å². The Bertz CT molecular complexity index is 2440. The molecule has 0 spiro atoms. The first-order valence-electron chi connectivity index (χ1n) is 19.2. The number of imide groups is 2. The number of aromatic nitrogens is 3. The Hall–Kier alpha value is -5.90. The van der Waals surface area contributed by atoms with Gasteiger partial charge in [0.25, 0.3) is 11.8 Å². The summed E-state index contributed by atoms with van der Waals surface area (Å²) in [5.74, 6) is -3.17. The molecule has 12 nitrogen and oxygen atoms in total. The van der Waals surface area contributed by atoms with Crippen LogP contribution in [0.4, 0.5) is 28.9 Å². The van der Waals surface area contributed by atoms with Crippen LogP contribution in [0.15, 0.2) is 60.9 Å². The number of nitrogens with one attached hydrogen (secondary N) is 1. The predicted octanol–water partition coefficient (Wildman–Crippen LogP) is 5.75. The van der Waals surface area contributed by atoms with E-state index in [0.29, 0.717) is 29.8 Å². The summed E-state index contributed by atoms with van der Waals surface area (Å²) in [5.41, 5.74) is 1.87. The van der Waals surface area contributed by atoms with Crippen LogP contribution in [-0.4, -0.2) is 99.8 Å². The molecule has 9 rings (SSSR count). The molecule has 3 saturated heterocycles. The minimum atomic E-state index is -2.87. The molecule has 0 aliphatic carbocycles. The molecule has 16 heteroatoms. The number of nitrogens with zero attached hydrogens (tertiary/aromatic N) is 7. The van der Waals surface area contributed by atoms with Crippen molar-refractivity contribution in [1.82, 2.24) is 29.7 Å². The van der Waals surface area contributed by atoms with Gasteiger partial charge in [-0.3, -0.25) is 43.8 Å². The van der Waals surface area contributed by atoms with Gasteiger partial charge in [-0.05, 0) is 86.7 Å². The molecule has 0 saturated carbocycles. The predicted molar refractivity (Wildman–Crippen MR) is 203 cm³/mol. The Morgan fingerprint density at radius 2 is 1.53 bits per heavy atom. The van der Waals surface area contributed by atoms with Gasteiger partial charge < -0.3 is 9.80 Å². The third kappa shape index (κ3) is 6.54. The summed E-state index contributed by atoms with van der Waals surface area (Å²) in [4.78, 5) is 66.1. The third-order valence-electron chi connectivity index (χ3n) is 11.9. The molecular weight excluding hydrogens is 744 g/mol. The minimum Gasteiger partial charge on any atom is -0.369 e. The molecule has 1 unspecified atom stereocenters. The first-order chi connectivity index (χ1) is 27.5. The van der Waals surface area contributed by atoms with Crippen molar-refractivity contribution >= 4 is 56.9 Å². The van der Waals surface area contributed by atoms with Gasteiger partial charge in [0.05, 0.1) is 22.3 Å². The van der Waals surface area contributed by atoms with Crippen LogP contribution in [0.1, 0.15) is 59.4 Å². The molecule has 3 aromatic heterocycles. The van der Waals surface area contributed by atoms with Crippen molar-refractivity contribution in [2.75, 3.05) is 55.6 Å². The van der Waals surface area contributed by atoms with Gasteiger partial charge in [0.2, 0.25) is 11.8 Å². The molecule has 7 heterocycles. The van der Waals surface area contributed by atoms with Gasteiger partial charge in [0.1, 0.15) is 29.0 Å². The van der Waals surface area contributed by atoms with Gasteiger partial charge in [-0.2, -0.15) is 8.78 Å². The van der Waals surface area contributed by atoms with Crippen LogP contribution in [0, 0.1) is 17.6 Å². The van der Waals surface area contributed by atoms with Gasteiger partial charge in [0.15, 0.2) is 0 Å². The van der Waals surface area contributed by atoms with Crippen molar-refractivity contribution in [3.63, 3.8) is 0 Å². The highest BCUT2D eigenvalue weighted by Crippen LogP contribution is 2.37. The number of hydrogen-bond donors (Lipinski definition) is 1. The lowest BCUT2D eigenvalue weighted by molar-refractivity contribution is -0.136. The van der Waals surface area contributed by atoms with Crippen molar-refractivity contribution < 1.29 is 36.7 Å². The molecule has 1 N–H and O–H groups in total. The summed E-state index contributed by atoms with van der Waals surface area (Å²) < 4.78 is 60.2. The number of carbonyl (C=O) groups is 4.